The van der Waals surface area contributed by atoms with E-state index in [4.69, 9.17) is 33.6 Å². The molecular formula is C25H31Cl2N7OS. The number of halogens is 2. The minimum absolute atomic E-state index is 0.214. The van der Waals surface area contributed by atoms with E-state index in [-0.39, 0.29) is 17.4 Å². The van der Waals surface area contributed by atoms with Crippen LogP contribution in [0.3, 0.4) is 0 Å². The molecule has 0 aliphatic carbocycles. The van der Waals surface area contributed by atoms with Crippen molar-refractivity contribution < 1.29 is 4.21 Å². The molecule has 3 atom stereocenters. The molecule has 36 heavy (non-hydrogen) atoms. The van der Waals surface area contributed by atoms with Gasteiger partial charge in [0.1, 0.15) is 17.6 Å². The van der Waals surface area contributed by atoms with Crippen LogP contribution in [0, 0.1) is 28.6 Å². The van der Waals surface area contributed by atoms with Crippen LogP contribution in [0.25, 0.3) is 0 Å². The molecule has 192 valence electrons. The Labute approximate surface area is 225 Å². The summed E-state index contributed by atoms with van der Waals surface area (Å²) in [7, 11) is -0.755. The molecule has 2 aliphatic rings. The number of aromatic nitrogens is 2. The maximum Gasteiger partial charge on any atom is 0.161 e. The van der Waals surface area contributed by atoms with Crippen molar-refractivity contribution in [2.75, 3.05) is 54.9 Å². The Kier molecular flexibility index (Phi) is 8.83. The Hall–Kier alpha value is -2.25. The fourth-order valence-electron chi connectivity index (χ4n) is 4.94. The molecule has 3 heterocycles. The lowest BCUT2D eigenvalue weighted by Crippen LogP contribution is -2.54. The normalized spacial score (nSPS) is 20.3. The second kappa shape index (κ2) is 11.9. The summed E-state index contributed by atoms with van der Waals surface area (Å²) in [5.74, 6) is 3.06. The molecule has 1 aromatic carbocycles. The molecule has 2 aliphatic heterocycles. The van der Waals surface area contributed by atoms with Gasteiger partial charge >= 0.3 is 0 Å². The molecule has 11 heteroatoms. The summed E-state index contributed by atoms with van der Waals surface area (Å²) < 4.78 is 11.5. The van der Waals surface area contributed by atoms with Gasteiger partial charge in [0, 0.05) is 59.0 Å². The van der Waals surface area contributed by atoms with E-state index in [9.17, 15) is 9.47 Å². The molecule has 2 fully saturated rings. The van der Waals surface area contributed by atoms with Crippen molar-refractivity contribution in [1.29, 1.82) is 10.7 Å². The first-order valence-electron chi connectivity index (χ1n) is 12.1. The van der Waals surface area contributed by atoms with Gasteiger partial charge in [-0.2, -0.15) is 5.26 Å². The molecule has 0 amide bonds. The zero-order valence-corrected chi connectivity index (χ0v) is 22.8. The highest BCUT2D eigenvalue weighted by atomic mass is 35.5. The summed E-state index contributed by atoms with van der Waals surface area (Å²) >= 11 is 12.4. The summed E-state index contributed by atoms with van der Waals surface area (Å²) in [6, 6.07) is 6.93. The number of rotatable bonds is 9. The van der Waals surface area contributed by atoms with E-state index in [1.165, 1.54) is 12.8 Å². The average Bonchev–Trinajstić information content (AvgIpc) is 2.81. The summed E-state index contributed by atoms with van der Waals surface area (Å²) in [6.45, 7) is 6.79. The Morgan fingerprint density at radius 3 is 2.81 bits per heavy atom. The number of nitrogens with zero attached hydrogens (tertiary/aromatic N) is 5. The standard InChI is InChI=1S/C25H31Cl2N7OS/c1-16(20-6-5-19(26)10-21(20)27)31-25-24(22(29)11-28)30-12-23(32-25)34-14-18(15-34)17-4-3-7-33(13-17)8-9-36(2)35/h5-6,10,12,16-18,29H,3-4,7-9,13-15H2,1-2H3,(H,31,32). The van der Waals surface area contributed by atoms with Crippen LogP contribution in [0.5, 0.6) is 0 Å². The Bertz CT molecular complexity index is 1180. The van der Waals surface area contributed by atoms with Crippen molar-refractivity contribution in [3.05, 3.63) is 45.7 Å². The summed E-state index contributed by atoms with van der Waals surface area (Å²) in [5, 5.41) is 21.7. The number of nitrogens with one attached hydrogen (secondary N) is 2. The topological polar surface area (TPSA) is 109 Å². The van der Waals surface area contributed by atoms with Crippen LogP contribution in [0.2, 0.25) is 10.0 Å². The van der Waals surface area contributed by atoms with Gasteiger partial charge in [-0.15, -0.1) is 0 Å². The van der Waals surface area contributed by atoms with E-state index in [0.29, 0.717) is 27.7 Å². The van der Waals surface area contributed by atoms with Crippen LogP contribution in [0.4, 0.5) is 11.6 Å². The van der Waals surface area contributed by atoms with E-state index in [0.717, 1.165) is 49.9 Å². The highest BCUT2D eigenvalue weighted by Crippen LogP contribution is 2.34. The van der Waals surface area contributed by atoms with Gasteiger partial charge in [0.05, 0.1) is 12.2 Å². The summed E-state index contributed by atoms with van der Waals surface area (Å²) in [4.78, 5) is 13.8. The summed E-state index contributed by atoms with van der Waals surface area (Å²) in [5.41, 5.74) is 0.801. The molecule has 0 saturated carbocycles. The lowest BCUT2D eigenvalue weighted by Gasteiger charge is -2.47. The van der Waals surface area contributed by atoms with Gasteiger partial charge in [-0.1, -0.05) is 29.3 Å². The molecule has 2 saturated heterocycles. The van der Waals surface area contributed by atoms with Crippen LogP contribution < -0.4 is 10.2 Å². The number of hydrogen-bond acceptors (Lipinski definition) is 8. The van der Waals surface area contributed by atoms with E-state index in [1.807, 2.05) is 19.1 Å². The van der Waals surface area contributed by atoms with E-state index >= 15 is 0 Å². The molecule has 0 radical (unpaired) electrons. The average molecular weight is 549 g/mol. The zero-order valence-electron chi connectivity index (χ0n) is 20.5. The first-order chi connectivity index (χ1) is 17.2. The van der Waals surface area contributed by atoms with Crippen LogP contribution in [0.1, 0.15) is 37.1 Å². The van der Waals surface area contributed by atoms with Crippen LogP contribution in [-0.2, 0) is 10.8 Å². The molecular weight excluding hydrogens is 517 g/mol. The minimum Gasteiger partial charge on any atom is -0.362 e. The first kappa shape index (κ1) is 26.8. The molecule has 8 nitrogen and oxygen atoms in total. The monoisotopic (exact) mass is 547 g/mol. The third kappa shape index (κ3) is 6.35. The maximum absolute atomic E-state index is 11.5. The highest BCUT2D eigenvalue weighted by molar-refractivity contribution is 7.84. The third-order valence-corrected chi connectivity index (χ3v) is 8.35. The molecule has 0 spiro atoms. The molecule has 0 bridgehead atoms. The lowest BCUT2D eigenvalue weighted by molar-refractivity contribution is 0.125. The van der Waals surface area contributed by atoms with E-state index in [1.54, 1.807) is 24.6 Å². The fraction of sp³-hybridized carbons (Fsp3) is 0.520. The minimum atomic E-state index is -0.755. The van der Waals surface area contributed by atoms with Crippen molar-refractivity contribution in [3.63, 3.8) is 0 Å². The number of benzene rings is 1. The molecule has 3 unspecified atom stereocenters. The predicted octanol–water partition coefficient (Wildman–Crippen LogP) is 4.37. The van der Waals surface area contributed by atoms with Gasteiger partial charge in [0.25, 0.3) is 0 Å². The van der Waals surface area contributed by atoms with Crippen LogP contribution in [0.15, 0.2) is 24.4 Å². The van der Waals surface area contributed by atoms with Gasteiger partial charge in [0.2, 0.25) is 0 Å². The predicted molar refractivity (Wildman–Crippen MR) is 147 cm³/mol. The van der Waals surface area contributed by atoms with Crippen molar-refractivity contribution in [3.8, 4) is 6.07 Å². The Balaban J connectivity index is 1.44. The van der Waals surface area contributed by atoms with Crippen LogP contribution in [-0.4, -0.2) is 69.5 Å². The van der Waals surface area contributed by atoms with Crippen molar-refractivity contribution in [2.45, 2.75) is 25.8 Å². The van der Waals surface area contributed by atoms with Crippen molar-refractivity contribution >= 4 is 51.3 Å². The first-order valence-corrected chi connectivity index (χ1v) is 14.6. The van der Waals surface area contributed by atoms with Gasteiger partial charge < -0.3 is 15.1 Å². The number of nitriles is 1. The zero-order chi connectivity index (χ0) is 25.8. The fourth-order valence-corrected chi connectivity index (χ4v) is 6.03. The second-order valence-electron chi connectivity index (χ2n) is 9.59. The molecule has 2 N–H and O–H groups in total. The molecule has 1 aromatic heterocycles. The van der Waals surface area contributed by atoms with E-state index in [2.05, 4.69) is 20.1 Å². The smallest absolute Gasteiger partial charge is 0.161 e. The SMILES string of the molecule is CC(Nc1nc(N2CC(C3CCCN(CCS(C)=O)C3)C2)cnc1C(=N)C#N)c1ccc(Cl)cc1Cl. The number of anilines is 2. The van der Waals surface area contributed by atoms with Crippen molar-refractivity contribution in [1.82, 2.24) is 14.9 Å². The number of hydrogen-bond donors (Lipinski definition) is 2. The lowest BCUT2D eigenvalue weighted by atomic mass is 9.80. The Morgan fingerprint density at radius 1 is 1.33 bits per heavy atom. The van der Waals surface area contributed by atoms with Gasteiger partial charge in [-0.05, 0) is 55.8 Å². The van der Waals surface area contributed by atoms with Gasteiger partial charge in [0.15, 0.2) is 11.5 Å². The quantitative estimate of drug-likeness (QED) is 0.448. The molecule has 4 rings (SSSR count). The largest absolute Gasteiger partial charge is 0.362 e. The van der Waals surface area contributed by atoms with Crippen molar-refractivity contribution in [2.24, 2.45) is 11.8 Å². The maximum atomic E-state index is 11.5. The van der Waals surface area contributed by atoms with Gasteiger partial charge in [-0.3, -0.25) is 9.62 Å². The van der Waals surface area contributed by atoms with E-state index < -0.39 is 10.8 Å². The molecule has 2 aromatic rings. The third-order valence-electron chi connectivity index (χ3n) is 7.03. The van der Waals surface area contributed by atoms with Crippen LogP contribution >= 0.6 is 23.2 Å². The number of piperidine rings is 1. The highest BCUT2D eigenvalue weighted by Gasteiger charge is 2.36. The second-order valence-corrected chi connectivity index (χ2v) is 12.0. The number of likely N-dealkylation sites (tertiary alicyclic amines) is 1. The summed E-state index contributed by atoms with van der Waals surface area (Å²) in [6.07, 6.45) is 5.82. The van der Waals surface area contributed by atoms with Gasteiger partial charge in [-0.25, -0.2) is 9.97 Å². The Morgan fingerprint density at radius 2 is 2.11 bits per heavy atom.